The van der Waals surface area contributed by atoms with Crippen LogP contribution in [0.2, 0.25) is 0 Å². The van der Waals surface area contributed by atoms with Crippen LogP contribution in [0.4, 0.5) is 5.00 Å². The Morgan fingerprint density at radius 3 is 1.53 bits per heavy atom. The number of fused-ring (bicyclic) bond motifs is 9. The van der Waals surface area contributed by atoms with Gasteiger partial charge in [-0.25, -0.2) is 9.97 Å². The number of aromatic nitrogens is 4. The smallest absolute Gasteiger partial charge is 0.262 e. The molecule has 8 bridgehead atoms. The highest BCUT2D eigenvalue weighted by atomic mass is 32.1. The van der Waals surface area contributed by atoms with E-state index >= 15 is 0 Å². The number of thiophene rings is 3. The van der Waals surface area contributed by atoms with Crippen LogP contribution >= 0.6 is 34.0 Å². The van der Waals surface area contributed by atoms with E-state index in [0.717, 1.165) is 116 Å². The van der Waals surface area contributed by atoms with Crippen molar-refractivity contribution in [1.82, 2.24) is 19.9 Å². The van der Waals surface area contributed by atoms with Gasteiger partial charge in [0.25, 0.3) is 5.91 Å². The number of hydrogen-bond donors (Lipinski definition) is 3. The lowest BCUT2D eigenvalue weighted by Gasteiger charge is -2.16. The molecule has 0 aliphatic carbocycles. The van der Waals surface area contributed by atoms with Gasteiger partial charge in [-0.3, -0.25) is 4.79 Å². The van der Waals surface area contributed by atoms with Crippen LogP contribution in [0.5, 0.6) is 5.75 Å². The molecular weight excluding hydrogens is 1010 g/mol. The van der Waals surface area contributed by atoms with E-state index < -0.39 is 0 Å². The SMILES string of the molecule is CCCCCCc1ccc(-c2ccc(-c3ccc(NC(=O)COc4ccc5ccccc5c4-c4c5nc(c(-c6ccccc6)c6ccc([nH]6)c(-c6ccccc6)c6nc(c(-c7ccccc7)c7ccc4[nH]7)C=C6)C=C5)s3)s2)s1. The van der Waals surface area contributed by atoms with Gasteiger partial charge in [0.1, 0.15) is 5.75 Å². The minimum atomic E-state index is -0.248. The van der Waals surface area contributed by atoms with Crippen molar-refractivity contribution in [2.45, 2.75) is 39.0 Å². The minimum Gasteiger partial charge on any atom is -0.483 e. The Bertz CT molecular complexity index is 4220. The van der Waals surface area contributed by atoms with Crippen molar-refractivity contribution in [3.8, 4) is 69.8 Å². The molecule has 5 aromatic carbocycles. The summed E-state index contributed by atoms with van der Waals surface area (Å²) in [7, 11) is 0. The van der Waals surface area contributed by atoms with E-state index in [2.05, 4.69) is 192 Å². The molecule has 2 aliphatic rings. The first-order valence-electron chi connectivity index (χ1n) is 26.6. The fourth-order valence-corrected chi connectivity index (χ4v) is 13.8. The van der Waals surface area contributed by atoms with E-state index in [4.69, 9.17) is 14.7 Å². The second-order valence-corrected chi connectivity index (χ2v) is 22.8. The molecule has 380 valence electrons. The number of benzene rings is 5. The summed E-state index contributed by atoms with van der Waals surface area (Å²) in [4.78, 5) is 39.1. The van der Waals surface area contributed by atoms with E-state index in [9.17, 15) is 4.79 Å². The molecule has 0 saturated heterocycles. The van der Waals surface area contributed by atoms with Gasteiger partial charge >= 0.3 is 0 Å². The lowest BCUT2D eigenvalue weighted by Crippen LogP contribution is -2.19. The third-order valence-corrected chi connectivity index (χ3v) is 18.0. The normalized spacial score (nSPS) is 11.9. The van der Waals surface area contributed by atoms with Crippen LogP contribution in [0.1, 0.15) is 60.3 Å². The quantitative estimate of drug-likeness (QED) is 0.0892. The first kappa shape index (κ1) is 48.9. The number of aryl methyl sites for hydroxylation is 1. The number of anilines is 1. The van der Waals surface area contributed by atoms with Crippen molar-refractivity contribution in [2.75, 3.05) is 11.9 Å². The predicted octanol–water partition coefficient (Wildman–Crippen LogP) is 19.1. The molecular formula is C68H53N5O2S3. The average Bonchev–Trinajstić information content (AvgIpc) is 4.36. The lowest BCUT2D eigenvalue weighted by molar-refractivity contribution is -0.118. The fraction of sp³-hybridized carbons (Fsp3) is 0.103. The molecule has 0 atom stereocenters. The molecule has 6 aromatic heterocycles. The summed E-state index contributed by atoms with van der Waals surface area (Å²) in [6, 6.07) is 65.3. The number of unbranched alkanes of at least 4 members (excludes halogenated alkanes) is 3. The number of H-pyrrole nitrogens is 2. The first-order chi connectivity index (χ1) is 38.5. The molecule has 10 heteroatoms. The van der Waals surface area contributed by atoms with Crippen LogP contribution in [0.3, 0.4) is 0 Å². The molecule has 0 spiro atoms. The van der Waals surface area contributed by atoms with Gasteiger partial charge in [0, 0.05) is 74.3 Å². The van der Waals surface area contributed by atoms with Crippen LogP contribution in [0.15, 0.2) is 188 Å². The van der Waals surface area contributed by atoms with Crippen molar-refractivity contribution in [3.63, 3.8) is 0 Å². The molecule has 3 N–H and O–H groups in total. The largest absolute Gasteiger partial charge is 0.483 e. The average molecular weight is 1070 g/mol. The summed E-state index contributed by atoms with van der Waals surface area (Å²) in [5, 5.41) is 5.91. The van der Waals surface area contributed by atoms with E-state index in [1.807, 2.05) is 53.8 Å². The molecule has 7 nitrogen and oxygen atoms in total. The van der Waals surface area contributed by atoms with Gasteiger partial charge in [0.15, 0.2) is 6.61 Å². The van der Waals surface area contributed by atoms with Gasteiger partial charge in [-0.2, -0.15) is 0 Å². The molecule has 2 aliphatic heterocycles. The Morgan fingerprint density at radius 2 is 0.949 bits per heavy atom. The van der Waals surface area contributed by atoms with Crippen molar-refractivity contribution < 1.29 is 9.53 Å². The molecule has 13 rings (SSSR count). The molecule has 0 unspecified atom stereocenters. The highest BCUT2D eigenvalue weighted by molar-refractivity contribution is 7.27. The van der Waals surface area contributed by atoms with E-state index in [1.165, 1.54) is 45.2 Å². The van der Waals surface area contributed by atoms with Crippen molar-refractivity contribution >= 4 is 102 Å². The summed E-state index contributed by atoms with van der Waals surface area (Å²) in [6.07, 6.45) is 14.7. The Kier molecular flexibility index (Phi) is 13.6. The summed E-state index contributed by atoms with van der Waals surface area (Å²) in [5.41, 5.74) is 14.5. The third kappa shape index (κ3) is 9.86. The van der Waals surface area contributed by atoms with Crippen LogP contribution in [0, 0.1) is 0 Å². The Labute approximate surface area is 465 Å². The lowest BCUT2D eigenvalue weighted by atomic mass is 9.95. The van der Waals surface area contributed by atoms with Gasteiger partial charge in [-0.05, 0) is 131 Å². The second-order valence-electron chi connectivity index (χ2n) is 19.5. The van der Waals surface area contributed by atoms with E-state index in [0.29, 0.717) is 5.75 Å². The van der Waals surface area contributed by atoms with Crippen molar-refractivity contribution in [1.29, 1.82) is 0 Å². The highest BCUT2D eigenvalue weighted by Crippen LogP contribution is 2.45. The van der Waals surface area contributed by atoms with Gasteiger partial charge in [0.05, 0.1) is 27.8 Å². The maximum atomic E-state index is 14.0. The Balaban J connectivity index is 0.920. The Morgan fingerprint density at radius 1 is 0.462 bits per heavy atom. The number of rotatable bonds is 15. The molecule has 0 saturated carbocycles. The molecule has 8 heterocycles. The first-order valence-corrected chi connectivity index (χ1v) is 29.0. The van der Waals surface area contributed by atoms with Gasteiger partial charge in [0.2, 0.25) is 0 Å². The molecule has 0 fully saturated rings. The molecule has 0 radical (unpaired) electrons. The summed E-state index contributed by atoms with van der Waals surface area (Å²) >= 11 is 5.27. The monoisotopic (exact) mass is 1070 g/mol. The summed E-state index contributed by atoms with van der Waals surface area (Å²) in [6.45, 7) is 2.05. The van der Waals surface area contributed by atoms with Crippen LogP contribution in [-0.2, 0) is 11.2 Å². The van der Waals surface area contributed by atoms with Crippen molar-refractivity contribution in [2.24, 2.45) is 0 Å². The maximum absolute atomic E-state index is 14.0. The predicted molar refractivity (Wildman–Crippen MR) is 331 cm³/mol. The number of hydrogen-bond acceptors (Lipinski definition) is 7. The van der Waals surface area contributed by atoms with Crippen molar-refractivity contribution in [3.05, 3.63) is 216 Å². The fourth-order valence-electron chi connectivity index (χ4n) is 10.7. The number of amides is 1. The molecule has 1 amide bonds. The van der Waals surface area contributed by atoms with E-state index in [1.54, 1.807) is 22.7 Å². The number of ether oxygens (including phenoxy) is 1. The van der Waals surface area contributed by atoms with Crippen LogP contribution < -0.4 is 10.1 Å². The van der Waals surface area contributed by atoms with E-state index in [-0.39, 0.29) is 12.5 Å². The topological polar surface area (TPSA) is 95.7 Å². The number of carbonyl (C=O) groups excluding carboxylic acids is 1. The number of carbonyl (C=O) groups is 1. The van der Waals surface area contributed by atoms with Gasteiger partial charge < -0.3 is 20.0 Å². The zero-order valence-electron chi connectivity index (χ0n) is 42.9. The highest BCUT2D eigenvalue weighted by Gasteiger charge is 2.23. The summed E-state index contributed by atoms with van der Waals surface area (Å²) < 4.78 is 6.72. The van der Waals surface area contributed by atoms with Gasteiger partial charge in [-0.1, -0.05) is 148 Å². The Hall–Kier alpha value is -8.67. The standard InChI is InChI=1S/C68H53N5O2S3/c1-2-3-4-14-24-47-27-37-58(76-47)59-38-39-60(77-59)61-40-41-63(78-61)73-62(74)42-75-57-36-26-43-17-15-16-25-48(43)67(57)68-55-34-32-53(71-55)65(45-20-10-6-11-21-45)51-30-28-49(69-51)64(44-18-8-5-9-19-44)50-29-31-52(70-50)66(46-22-12-7-13-23-46)54-33-35-56(68)72-54/h5-13,15-23,25-41,69,72H,2-4,14,24,42H2,1H3,(H,73,74). The molecule has 78 heavy (non-hydrogen) atoms. The molecule has 11 aromatic rings. The van der Waals surface area contributed by atoms with Gasteiger partial charge in [-0.15, -0.1) is 34.0 Å². The zero-order valence-corrected chi connectivity index (χ0v) is 45.3. The summed E-state index contributed by atoms with van der Waals surface area (Å²) in [5.74, 6) is 0.312. The second kappa shape index (κ2) is 21.8. The maximum Gasteiger partial charge on any atom is 0.262 e. The number of aromatic amines is 2. The van der Waals surface area contributed by atoms with Crippen LogP contribution in [-0.4, -0.2) is 32.4 Å². The number of nitrogens with one attached hydrogen (secondary N) is 3. The number of nitrogens with zero attached hydrogens (tertiary/aromatic N) is 2. The minimum absolute atomic E-state index is 0.205. The van der Waals surface area contributed by atoms with Crippen LogP contribution in [0.25, 0.3) is 121 Å². The zero-order chi connectivity index (χ0) is 52.4. The third-order valence-electron chi connectivity index (χ3n) is 14.3.